The van der Waals surface area contributed by atoms with E-state index in [2.05, 4.69) is 6.07 Å². The van der Waals surface area contributed by atoms with Crippen molar-refractivity contribution in [2.75, 3.05) is 11.4 Å². The van der Waals surface area contributed by atoms with Gasteiger partial charge in [0.15, 0.2) is 0 Å². The molecule has 1 aromatic carbocycles. The zero-order valence-corrected chi connectivity index (χ0v) is 8.97. The molecule has 0 aromatic heterocycles. The van der Waals surface area contributed by atoms with Crippen LogP contribution in [-0.4, -0.2) is 23.7 Å². The number of rotatable bonds is 2. The SMILES string of the molecule is CC(C#N)N1CCc2ccc(C(=O)O)cc21. The van der Waals surface area contributed by atoms with E-state index in [4.69, 9.17) is 10.4 Å². The summed E-state index contributed by atoms with van der Waals surface area (Å²) in [5.41, 5.74) is 2.27. The van der Waals surface area contributed by atoms with Gasteiger partial charge in [0.05, 0.1) is 11.6 Å². The van der Waals surface area contributed by atoms with E-state index in [1.165, 1.54) is 0 Å². The normalized spacial score (nSPS) is 15.4. The van der Waals surface area contributed by atoms with Crippen LogP contribution in [0.2, 0.25) is 0 Å². The Labute approximate surface area is 93.7 Å². The molecule has 1 unspecified atom stereocenters. The van der Waals surface area contributed by atoms with Crippen LogP contribution in [0.3, 0.4) is 0 Å². The summed E-state index contributed by atoms with van der Waals surface area (Å²) in [6.45, 7) is 2.61. The second kappa shape index (κ2) is 3.86. The molecule has 2 rings (SSSR count). The highest BCUT2D eigenvalue weighted by molar-refractivity contribution is 5.89. The summed E-state index contributed by atoms with van der Waals surface area (Å²) in [4.78, 5) is 12.8. The molecule has 0 saturated heterocycles. The number of carboxylic acids is 1. The molecular formula is C12H12N2O2. The first-order chi connectivity index (χ1) is 7.63. The molecule has 16 heavy (non-hydrogen) atoms. The van der Waals surface area contributed by atoms with E-state index < -0.39 is 5.97 Å². The molecule has 1 atom stereocenters. The third-order valence-electron chi connectivity index (χ3n) is 2.92. The van der Waals surface area contributed by atoms with Gasteiger partial charge in [-0.05, 0) is 31.0 Å². The molecule has 4 nitrogen and oxygen atoms in total. The van der Waals surface area contributed by atoms with Crippen LogP contribution in [0.25, 0.3) is 0 Å². The Morgan fingerprint density at radius 3 is 3.00 bits per heavy atom. The van der Waals surface area contributed by atoms with Crippen molar-refractivity contribution in [1.29, 1.82) is 5.26 Å². The van der Waals surface area contributed by atoms with E-state index in [-0.39, 0.29) is 11.6 Å². The van der Waals surface area contributed by atoms with Gasteiger partial charge in [0, 0.05) is 12.2 Å². The van der Waals surface area contributed by atoms with Crippen LogP contribution in [0, 0.1) is 11.3 Å². The van der Waals surface area contributed by atoms with Crippen molar-refractivity contribution in [1.82, 2.24) is 0 Å². The number of anilines is 1. The Bertz CT molecular complexity index is 476. The molecule has 1 aliphatic rings. The Balaban J connectivity index is 2.41. The van der Waals surface area contributed by atoms with Gasteiger partial charge in [-0.25, -0.2) is 4.79 Å². The van der Waals surface area contributed by atoms with Gasteiger partial charge in [-0.1, -0.05) is 6.07 Å². The van der Waals surface area contributed by atoms with E-state index in [1.54, 1.807) is 12.1 Å². The molecule has 1 N–H and O–H groups in total. The molecule has 0 bridgehead atoms. The Morgan fingerprint density at radius 2 is 2.38 bits per heavy atom. The Morgan fingerprint density at radius 1 is 1.62 bits per heavy atom. The first kappa shape index (κ1) is 10.5. The third-order valence-corrected chi connectivity index (χ3v) is 2.92. The fraction of sp³-hybridized carbons (Fsp3) is 0.333. The zero-order valence-electron chi connectivity index (χ0n) is 8.97. The molecule has 0 aliphatic carbocycles. The van der Waals surface area contributed by atoms with E-state index >= 15 is 0 Å². The summed E-state index contributed by atoms with van der Waals surface area (Å²) in [7, 11) is 0. The number of aromatic carboxylic acids is 1. The van der Waals surface area contributed by atoms with Crippen molar-refractivity contribution in [3.05, 3.63) is 29.3 Å². The lowest BCUT2D eigenvalue weighted by Gasteiger charge is -2.21. The smallest absolute Gasteiger partial charge is 0.335 e. The van der Waals surface area contributed by atoms with Crippen LogP contribution in [0.1, 0.15) is 22.8 Å². The maximum atomic E-state index is 10.9. The number of carbonyl (C=O) groups is 1. The molecule has 1 aliphatic heterocycles. The molecule has 0 amide bonds. The van der Waals surface area contributed by atoms with Gasteiger partial charge in [0.25, 0.3) is 0 Å². The Hall–Kier alpha value is -2.02. The summed E-state index contributed by atoms with van der Waals surface area (Å²) < 4.78 is 0. The van der Waals surface area contributed by atoms with Gasteiger partial charge in [-0.2, -0.15) is 5.26 Å². The van der Waals surface area contributed by atoms with Crippen molar-refractivity contribution in [2.45, 2.75) is 19.4 Å². The van der Waals surface area contributed by atoms with Crippen molar-refractivity contribution in [2.24, 2.45) is 0 Å². The van der Waals surface area contributed by atoms with Crippen LogP contribution in [0.4, 0.5) is 5.69 Å². The van der Waals surface area contributed by atoms with Crippen molar-refractivity contribution in [3.8, 4) is 6.07 Å². The van der Waals surface area contributed by atoms with Crippen LogP contribution >= 0.6 is 0 Å². The summed E-state index contributed by atoms with van der Waals surface area (Å²) in [6.07, 6.45) is 0.876. The lowest BCUT2D eigenvalue weighted by atomic mass is 10.1. The second-order valence-electron chi connectivity index (χ2n) is 3.90. The van der Waals surface area contributed by atoms with Crippen molar-refractivity contribution in [3.63, 3.8) is 0 Å². The third kappa shape index (κ3) is 1.61. The molecule has 1 aromatic rings. The molecule has 4 heteroatoms. The fourth-order valence-electron chi connectivity index (χ4n) is 2.01. The highest BCUT2D eigenvalue weighted by Crippen LogP contribution is 2.30. The highest BCUT2D eigenvalue weighted by atomic mass is 16.4. The minimum atomic E-state index is -0.931. The van der Waals surface area contributed by atoms with Crippen molar-refractivity contribution >= 4 is 11.7 Å². The quantitative estimate of drug-likeness (QED) is 0.816. The maximum Gasteiger partial charge on any atom is 0.335 e. The summed E-state index contributed by atoms with van der Waals surface area (Å²) in [6, 6.07) is 7.06. The fourth-order valence-corrected chi connectivity index (χ4v) is 2.01. The number of hydrogen-bond acceptors (Lipinski definition) is 3. The monoisotopic (exact) mass is 216 g/mol. The summed E-state index contributed by atoms with van der Waals surface area (Å²) >= 11 is 0. The van der Waals surface area contributed by atoms with E-state index in [0.29, 0.717) is 0 Å². The van der Waals surface area contributed by atoms with Gasteiger partial charge in [0.1, 0.15) is 6.04 Å². The van der Waals surface area contributed by atoms with Crippen LogP contribution < -0.4 is 4.90 Å². The number of fused-ring (bicyclic) bond motifs is 1. The first-order valence-electron chi connectivity index (χ1n) is 5.16. The van der Waals surface area contributed by atoms with Gasteiger partial charge in [-0.3, -0.25) is 0 Å². The van der Waals surface area contributed by atoms with Crippen LogP contribution in [0.5, 0.6) is 0 Å². The predicted molar refractivity (Wildman–Crippen MR) is 59.5 cm³/mol. The molecule has 0 radical (unpaired) electrons. The number of nitriles is 1. The highest BCUT2D eigenvalue weighted by Gasteiger charge is 2.24. The summed E-state index contributed by atoms with van der Waals surface area (Å²) in [5, 5.41) is 17.8. The largest absolute Gasteiger partial charge is 0.478 e. The lowest BCUT2D eigenvalue weighted by Crippen LogP contribution is -2.29. The topological polar surface area (TPSA) is 64.3 Å². The van der Waals surface area contributed by atoms with Gasteiger partial charge < -0.3 is 10.0 Å². The van der Waals surface area contributed by atoms with Gasteiger partial charge in [0.2, 0.25) is 0 Å². The predicted octanol–water partition coefficient (Wildman–Crippen LogP) is 1.66. The zero-order chi connectivity index (χ0) is 11.7. The standard InChI is InChI=1S/C12H12N2O2/c1-8(7-13)14-5-4-9-2-3-10(12(15)16)6-11(9)14/h2-3,6,8H,4-5H2,1H3,(H,15,16). The molecule has 0 saturated carbocycles. The molecule has 0 fully saturated rings. The average molecular weight is 216 g/mol. The second-order valence-corrected chi connectivity index (χ2v) is 3.90. The van der Waals surface area contributed by atoms with Gasteiger partial charge in [-0.15, -0.1) is 0 Å². The lowest BCUT2D eigenvalue weighted by molar-refractivity contribution is 0.0697. The number of benzene rings is 1. The first-order valence-corrected chi connectivity index (χ1v) is 5.16. The molecule has 0 spiro atoms. The average Bonchev–Trinajstić information content (AvgIpc) is 2.70. The van der Waals surface area contributed by atoms with E-state index in [0.717, 1.165) is 24.2 Å². The number of carboxylic acid groups (broad SMARTS) is 1. The minimum absolute atomic E-state index is 0.217. The summed E-state index contributed by atoms with van der Waals surface area (Å²) in [5.74, 6) is -0.931. The van der Waals surface area contributed by atoms with Crippen LogP contribution in [0.15, 0.2) is 18.2 Å². The number of hydrogen-bond donors (Lipinski definition) is 1. The number of nitrogens with zero attached hydrogens (tertiary/aromatic N) is 2. The molecule has 82 valence electrons. The van der Waals surface area contributed by atoms with Gasteiger partial charge >= 0.3 is 5.97 Å². The van der Waals surface area contributed by atoms with E-state index in [9.17, 15) is 4.79 Å². The van der Waals surface area contributed by atoms with Crippen LogP contribution in [-0.2, 0) is 6.42 Å². The molecule has 1 heterocycles. The van der Waals surface area contributed by atoms with E-state index in [1.807, 2.05) is 17.9 Å². The Kier molecular flexibility index (Phi) is 2.53. The van der Waals surface area contributed by atoms with Crippen molar-refractivity contribution < 1.29 is 9.90 Å². The molecular weight excluding hydrogens is 204 g/mol. The minimum Gasteiger partial charge on any atom is -0.478 e. The maximum absolute atomic E-state index is 10.9.